The molecular weight excluding hydrogens is 202 g/mol. The lowest BCUT2D eigenvalue weighted by atomic mass is 10.2. The minimum Gasteiger partial charge on any atom is -0.369 e. The second-order valence-corrected chi connectivity index (χ2v) is 4.01. The molecule has 0 spiro atoms. The fourth-order valence-corrected chi connectivity index (χ4v) is 2.22. The number of hydrogen-bond acceptors (Lipinski definition) is 4. The average Bonchev–Trinajstić information content (AvgIpc) is 2.82. The molecule has 0 atom stereocenters. The van der Waals surface area contributed by atoms with Gasteiger partial charge in [0.05, 0.1) is 5.69 Å². The molecule has 0 aromatic carbocycles. The summed E-state index contributed by atoms with van der Waals surface area (Å²) < 4.78 is 1.75. The van der Waals surface area contributed by atoms with Crippen molar-refractivity contribution in [3.8, 4) is 6.07 Å². The maximum atomic E-state index is 9.08. The zero-order valence-electron chi connectivity index (χ0n) is 9.20. The highest BCUT2D eigenvalue weighted by Crippen LogP contribution is 2.27. The van der Waals surface area contributed by atoms with Gasteiger partial charge in [0, 0.05) is 17.8 Å². The highest BCUT2D eigenvalue weighted by atomic mass is 15.3. The zero-order valence-corrected chi connectivity index (χ0v) is 9.20. The Morgan fingerprint density at radius 3 is 2.94 bits per heavy atom. The molecular formula is C11H11N5. The van der Waals surface area contributed by atoms with Crippen LogP contribution in [0.1, 0.15) is 22.5 Å². The fraction of sp³-hybridized carbons (Fsp3) is 0.364. The first-order chi connectivity index (χ1) is 7.72. The Bertz CT molecular complexity index is 632. The first kappa shape index (κ1) is 9.16. The quantitative estimate of drug-likeness (QED) is 0.713. The van der Waals surface area contributed by atoms with Crippen LogP contribution in [-0.2, 0) is 6.42 Å². The lowest BCUT2D eigenvalue weighted by molar-refractivity contribution is 0.913. The van der Waals surface area contributed by atoms with Crippen LogP contribution in [0.4, 0.5) is 5.82 Å². The van der Waals surface area contributed by atoms with E-state index in [1.54, 1.807) is 4.52 Å². The summed E-state index contributed by atoms with van der Waals surface area (Å²) in [6, 6.07) is 2.16. The monoisotopic (exact) mass is 213 g/mol. The molecule has 2 aromatic heterocycles. The molecule has 0 bridgehead atoms. The number of nitrogens with zero attached hydrogens (tertiary/aromatic N) is 4. The van der Waals surface area contributed by atoms with Crippen molar-refractivity contribution >= 4 is 11.5 Å². The largest absolute Gasteiger partial charge is 0.369 e. The smallest absolute Gasteiger partial charge is 0.175 e. The van der Waals surface area contributed by atoms with E-state index in [-0.39, 0.29) is 0 Å². The van der Waals surface area contributed by atoms with Gasteiger partial charge in [-0.15, -0.1) is 0 Å². The highest BCUT2D eigenvalue weighted by molar-refractivity contribution is 5.65. The van der Waals surface area contributed by atoms with E-state index in [1.165, 1.54) is 5.56 Å². The Kier molecular flexibility index (Phi) is 1.69. The highest BCUT2D eigenvalue weighted by Gasteiger charge is 2.21. The van der Waals surface area contributed by atoms with E-state index in [0.717, 1.165) is 30.2 Å². The first-order valence-electron chi connectivity index (χ1n) is 5.25. The van der Waals surface area contributed by atoms with Crippen molar-refractivity contribution in [2.24, 2.45) is 0 Å². The molecule has 5 nitrogen and oxygen atoms in total. The number of rotatable bonds is 0. The Morgan fingerprint density at radius 1 is 1.38 bits per heavy atom. The number of aryl methyl sites for hydroxylation is 2. The normalized spacial score (nSPS) is 13.6. The third-order valence-electron chi connectivity index (χ3n) is 3.02. The Hall–Kier alpha value is -2.09. The molecule has 2 aromatic rings. The lowest BCUT2D eigenvalue weighted by Gasteiger charge is -2.05. The van der Waals surface area contributed by atoms with Gasteiger partial charge in [0.1, 0.15) is 17.5 Å². The molecule has 1 N–H and O–H groups in total. The van der Waals surface area contributed by atoms with Crippen LogP contribution >= 0.6 is 0 Å². The first-order valence-corrected chi connectivity index (χ1v) is 5.25. The van der Waals surface area contributed by atoms with Gasteiger partial charge in [0.15, 0.2) is 5.65 Å². The number of fused-ring (bicyclic) bond motifs is 3. The maximum Gasteiger partial charge on any atom is 0.175 e. The van der Waals surface area contributed by atoms with Crippen molar-refractivity contribution in [3.05, 3.63) is 22.5 Å². The topological polar surface area (TPSA) is 66.0 Å². The number of nitriles is 1. The minimum atomic E-state index is 0.569. The van der Waals surface area contributed by atoms with E-state index < -0.39 is 0 Å². The van der Waals surface area contributed by atoms with E-state index in [9.17, 15) is 0 Å². The summed E-state index contributed by atoms with van der Waals surface area (Å²) in [5.41, 5.74) is 4.16. The van der Waals surface area contributed by atoms with Crippen LogP contribution in [0.5, 0.6) is 0 Å². The molecule has 0 radical (unpaired) electrons. The minimum absolute atomic E-state index is 0.569. The second-order valence-electron chi connectivity index (χ2n) is 4.01. The van der Waals surface area contributed by atoms with E-state index in [2.05, 4.69) is 21.5 Å². The van der Waals surface area contributed by atoms with Gasteiger partial charge in [-0.3, -0.25) is 0 Å². The van der Waals surface area contributed by atoms with Crippen molar-refractivity contribution in [1.82, 2.24) is 14.6 Å². The number of hydrogen-bond donors (Lipinski definition) is 1. The molecule has 3 rings (SSSR count). The fourth-order valence-electron chi connectivity index (χ4n) is 2.22. The van der Waals surface area contributed by atoms with Crippen LogP contribution in [0.2, 0.25) is 0 Å². The van der Waals surface area contributed by atoms with Crippen molar-refractivity contribution in [2.45, 2.75) is 20.3 Å². The molecule has 0 fully saturated rings. The van der Waals surface area contributed by atoms with Gasteiger partial charge in [-0.2, -0.15) is 14.9 Å². The van der Waals surface area contributed by atoms with Gasteiger partial charge >= 0.3 is 0 Å². The van der Waals surface area contributed by atoms with Crippen molar-refractivity contribution < 1.29 is 0 Å². The van der Waals surface area contributed by atoms with Gasteiger partial charge in [0.2, 0.25) is 0 Å². The summed E-state index contributed by atoms with van der Waals surface area (Å²) in [5.74, 6) is 0.993. The van der Waals surface area contributed by atoms with Gasteiger partial charge in [-0.05, 0) is 20.3 Å². The lowest BCUT2D eigenvalue weighted by Crippen LogP contribution is -2.02. The molecule has 3 heterocycles. The van der Waals surface area contributed by atoms with Crippen LogP contribution in [-0.4, -0.2) is 21.1 Å². The summed E-state index contributed by atoms with van der Waals surface area (Å²) in [7, 11) is 0. The standard InChI is InChI=1S/C11H11N5/c1-6-8-3-4-13-10(8)16-11(14-6)9(5-12)7(2)15-16/h13H,3-4H2,1-2H3. The van der Waals surface area contributed by atoms with Crippen LogP contribution in [0.15, 0.2) is 0 Å². The van der Waals surface area contributed by atoms with Crippen molar-refractivity contribution in [1.29, 1.82) is 5.26 Å². The van der Waals surface area contributed by atoms with E-state index in [4.69, 9.17) is 5.26 Å². The summed E-state index contributed by atoms with van der Waals surface area (Å²) >= 11 is 0. The molecule has 16 heavy (non-hydrogen) atoms. The van der Waals surface area contributed by atoms with Gasteiger partial charge < -0.3 is 5.32 Å². The Morgan fingerprint density at radius 2 is 2.19 bits per heavy atom. The molecule has 80 valence electrons. The Labute approximate surface area is 92.7 Å². The van der Waals surface area contributed by atoms with E-state index >= 15 is 0 Å². The van der Waals surface area contributed by atoms with Crippen LogP contribution in [0.25, 0.3) is 5.65 Å². The third kappa shape index (κ3) is 0.986. The number of nitrogens with one attached hydrogen (secondary N) is 1. The molecule has 5 heteroatoms. The summed E-state index contributed by atoms with van der Waals surface area (Å²) in [4.78, 5) is 4.48. The van der Waals surface area contributed by atoms with Crippen LogP contribution < -0.4 is 5.32 Å². The van der Waals surface area contributed by atoms with E-state index in [0.29, 0.717) is 11.2 Å². The van der Waals surface area contributed by atoms with Crippen LogP contribution in [0, 0.1) is 25.2 Å². The predicted octanol–water partition coefficient (Wildman–Crippen LogP) is 1.19. The molecule has 0 amide bonds. The predicted molar refractivity (Wildman–Crippen MR) is 59.4 cm³/mol. The molecule has 1 aliphatic heterocycles. The SMILES string of the molecule is Cc1nc2c(C#N)c(C)nn2c2c1CCN2. The maximum absolute atomic E-state index is 9.08. The third-order valence-corrected chi connectivity index (χ3v) is 3.02. The summed E-state index contributed by atoms with van der Waals surface area (Å²) in [5, 5.41) is 16.7. The molecule has 0 unspecified atom stereocenters. The van der Waals surface area contributed by atoms with Crippen LogP contribution in [0.3, 0.4) is 0 Å². The summed E-state index contributed by atoms with van der Waals surface area (Å²) in [6.07, 6.45) is 0.977. The second kappa shape index (κ2) is 2.95. The van der Waals surface area contributed by atoms with Gasteiger partial charge in [-0.25, -0.2) is 4.98 Å². The Balaban J connectivity index is 2.48. The molecule has 0 aliphatic carbocycles. The van der Waals surface area contributed by atoms with Gasteiger partial charge in [-0.1, -0.05) is 0 Å². The number of anilines is 1. The molecule has 0 saturated heterocycles. The zero-order chi connectivity index (χ0) is 11.3. The van der Waals surface area contributed by atoms with E-state index in [1.807, 2.05) is 13.8 Å². The van der Waals surface area contributed by atoms with Crippen molar-refractivity contribution in [3.63, 3.8) is 0 Å². The van der Waals surface area contributed by atoms with Crippen molar-refractivity contribution in [2.75, 3.05) is 11.9 Å². The average molecular weight is 213 g/mol. The summed E-state index contributed by atoms with van der Waals surface area (Å²) in [6.45, 7) is 4.73. The van der Waals surface area contributed by atoms with Gasteiger partial charge in [0.25, 0.3) is 0 Å². The molecule has 1 aliphatic rings. The molecule has 0 saturated carbocycles. The number of aromatic nitrogens is 3.